The topological polar surface area (TPSA) is 54.0 Å². The zero-order chi connectivity index (χ0) is 32.5. The molecule has 49 heavy (non-hydrogen) atoms. The van der Waals surface area contributed by atoms with Gasteiger partial charge in [0, 0.05) is 41.8 Å². The molecule has 0 atom stereocenters. The minimum absolute atomic E-state index is 0. The minimum atomic E-state index is 0. The normalized spacial score (nSPS) is 12.2. The molecule has 2 aliphatic heterocycles. The van der Waals surface area contributed by atoms with Crippen molar-refractivity contribution < 1.29 is 17.1 Å². The Balaban J connectivity index is 0.00000348. The van der Waals surface area contributed by atoms with Crippen molar-refractivity contribution in [1.82, 2.24) is 19.9 Å². The van der Waals surface area contributed by atoms with Gasteiger partial charge in [0.15, 0.2) is 0 Å². The minimum Gasteiger partial charge on any atom is -0.657 e. The van der Waals surface area contributed by atoms with E-state index in [0.29, 0.717) is 17.3 Å². The van der Waals surface area contributed by atoms with Gasteiger partial charge in [0.2, 0.25) is 0 Å². The Morgan fingerprint density at radius 1 is 0.367 bits per heavy atom. The monoisotopic (exact) mass is 835 g/mol. The van der Waals surface area contributed by atoms with E-state index in [-0.39, 0.29) is 17.1 Å². The molecule has 9 heterocycles. The Morgan fingerprint density at radius 2 is 0.612 bits per heavy atom. The molecule has 0 aromatic carbocycles. The van der Waals surface area contributed by atoms with E-state index in [4.69, 9.17) is 66.3 Å². The Bertz CT molecular complexity index is 2300. The third-order valence-electron chi connectivity index (χ3n) is 7.89. The van der Waals surface area contributed by atoms with Crippen LogP contribution in [0.3, 0.4) is 0 Å². The van der Waals surface area contributed by atoms with E-state index in [1.807, 2.05) is 97.1 Å². The fraction of sp³-hybridized carbons (Fsp3) is 0. The molecule has 0 spiro atoms. The average molecular weight is 838 g/mol. The summed E-state index contributed by atoms with van der Waals surface area (Å²) < 4.78 is 2.74. The van der Waals surface area contributed by atoms with Crippen LogP contribution >= 0.6 is 91.8 Å². The summed E-state index contributed by atoms with van der Waals surface area (Å²) in [4.78, 5) is 24.8. The Morgan fingerprint density at radius 3 is 0.816 bits per heavy atom. The summed E-state index contributed by atoms with van der Waals surface area (Å²) in [6.07, 6.45) is 8.12. The molecule has 0 saturated heterocycles. The van der Waals surface area contributed by atoms with Crippen LogP contribution in [-0.2, 0) is 17.1 Å². The standard InChI is InChI=1S/C36H16Cl4N4S4.Cu/c37-29-13-9-25(45-29)33-17-1-2-18(41-17)34(26-10-14-30(38)46-26)20-5-6-22(43-20)36(28-12-16-32(40)48-28)24-8-7-23(44-24)35(21-4-3-19(33)42-21)27-11-15-31(39)47-27;/h1-16H;/q-2;+2. The number of fused-ring (bicyclic) bond motifs is 8. The smallest absolute Gasteiger partial charge is 0.657 e. The zero-order valence-electron chi connectivity index (χ0n) is 24.5. The first-order valence-corrected chi connectivity index (χ1v) is 19.2. The molecule has 0 unspecified atom stereocenters. The molecular formula is C36H16Cl4CuN4S4. The second kappa shape index (κ2) is 13.3. The SMILES string of the molecule is Clc1ccc(-c2c3nc(c(-c4ccc(Cl)s4)c4ccc([n-]4)c(-c4ccc(Cl)s4)c4nc(c(-c5ccc(Cl)s5)c5ccc2[n-]5)C=C4)C=C3)s1.[Cu+2]. The number of thiophene rings is 4. The van der Waals surface area contributed by atoms with Crippen molar-refractivity contribution in [3.63, 3.8) is 0 Å². The summed E-state index contributed by atoms with van der Waals surface area (Å²) in [5.41, 5.74) is 9.80. The third kappa shape index (κ3) is 6.10. The van der Waals surface area contributed by atoms with Crippen molar-refractivity contribution in [2.45, 2.75) is 0 Å². The number of halogens is 4. The van der Waals surface area contributed by atoms with Crippen LogP contribution in [0.4, 0.5) is 0 Å². The van der Waals surface area contributed by atoms with E-state index in [2.05, 4.69) is 0 Å². The summed E-state index contributed by atoms with van der Waals surface area (Å²) in [6.45, 7) is 0. The molecule has 0 amide bonds. The van der Waals surface area contributed by atoms with Crippen LogP contribution in [0.1, 0.15) is 22.8 Å². The van der Waals surface area contributed by atoms with Crippen molar-refractivity contribution in [2.24, 2.45) is 0 Å². The maximum Gasteiger partial charge on any atom is 2.00 e. The summed E-state index contributed by atoms with van der Waals surface area (Å²) in [7, 11) is 0. The van der Waals surface area contributed by atoms with E-state index < -0.39 is 0 Å². The molecule has 0 aliphatic carbocycles. The molecule has 9 rings (SSSR count). The van der Waals surface area contributed by atoms with E-state index >= 15 is 0 Å². The van der Waals surface area contributed by atoms with E-state index in [0.717, 1.165) is 86.6 Å². The molecule has 7 aromatic heterocycles. The first kappa shape index (κ1) is 33.2. The number of hydrogen-bond donors (Lipinski definition) is 0. The molecule has 243 valence electrons. The Labute approximate surface area is 326 Å². The van der Waals surface area contributed by atoms with E-state index in [1.165, 1.54) is 45.3 Å². The number of hydrogen-bond acceptors (Lipinski definition) is 6. The second-order valence-electron chi connectivity index (χ2n) is 10.8. The van der Waals surface area contributed by atoms with E-state index in [1.54, 1.807) is 0 Å². The van der Waals surface area contributed by atoms with Gasteiger partial charge in [-0.2, -0.15) is 0 Å². The van der Waals surface area contributed by atoms with Gasteiger partial charge in [-0.3, -0.25) is 0 Å². The van der Waals surface area contributed by atoms with Crippen LogP contribution < -0.4 is 9.97 Å². The largest absolute Gasteiger partial charge is 2.00 e. The van der Waals surface area contributed by atoms with Crippen LogP contribution in [0.25, 0.3) is 88.1 Å². The van der Waals surface area contributed by atoms with Crippen LogP contribution in [0.2, 0.25) is 17.3 Å². The van der Waals surface area contributed by atoms with Gasteiger partial charge in [0.25, 0.3) is 0 Å². The Kier molecular flexibility index (Phi) is 9.04. The molecular weight excluding hydrogens is 822 g/mol. The van der Waals surface area contributed by atoms with Crippen molar-refractivity contribution >= 4 is 138 Å². The predicted octanol–water partition coefficient (Wildman–Crippen LogP) is 13.4. The number of nitrogens with zero attached hydrogens (tertiary/aromatic N) is 4. The van der Waals surface area contributed by atoms with Crippen LogP contribution in [-0.4, -0.2) is 9.97 Å². The van der Waals surface area contributed by atoms with Gasteiger partial charge in [-0.25, -0.2) is 9.97 Å². The molecule has 0 saturated carbocycles. The molecule has 4 nitrogen and oxygen atoms in total. The van der Waals surface area contributed by atoms with Gasteiger partial charge in [0.1, 0.15) is 0 Å². The summed E-state index contributed by atoms with van der Waals surface area (Å²) >= 11 is 31.9. The van der Waals surface area contributed by atoms with Crippen molar-refractivity contribution in [3.05, 3.63) is 113 Å². The zero-order valence-corrected chi connectivity index (χ0v) is 31.7. The first-order chi connectivity index (χ1) is 23.4. The molecule has 0 N–H and O–H groups in total. The maximum atomic E-state index is 6.48. The molecule has 13 heteroatoms. The van der Waals surface area contributed by atoms with Crippen molar-refractivity contribution in [2.75, 3.05) is 0 Å². The molecule has 7 aromatic rings. The van der Waals surface area contributed by atoms with Gasteiger partial charge in [-0.1, -0.05) is 70.7 Å². The van der Waals surface area contributed by atoms with Crippen molar-refractivity contribution in [3.8, 4) is 41.8 Å². The molecule has 2 aliphatic rings. The van der Waals surface area contributed by atoms with Crippen LogP contribution in [0.15, 0.2) is 72.8 Å². The molecule has 8 bridgehead atoms. The van der Waals surface area contributed by atoms with Crippen molar-refractivity contribution in [1.29, 1.82) is 0 Å². The van der Waals surface area contributed by atoms with Crippen LogP contribution in [0, 0.1) is 0 Å². The fourth-order valence-electron chi connectivity index (χ4n) is 5.89. The van der Waals surface area contributed by atoms with Crippen LogP contribution in [0.5, 0.6) is 0 Å². The van der Waals surface area contributed by atoms with Gasteiger partial charge in [-0.05, 0) is 72.8 Å². The second-order valence-corrected chi connectivity index (χ2v) is 17.6. The quantitative estimate of drug-likeness (QED) is 0.166. The number of rotatable bonds is 4. The average Bonchev–Trinajstić information content (AvgIpc) is 3.89. The number of aromatic nitrogens is 4. The molecule has 1 radical (unpaired) electrons. The van der Waals surface area contributed by atoms with E-state index in [9.17, 15) is 0 Å². The summed E-state index contributed by atoms with van der Waals surface area (Å²) in [5.74, 6) is 0. The maximum absolute atomic E-state index is 6.48. The van der Waals surface area contributed by atoms with Gasteiger partial charge >= 0.3 is 17.1 Å². The first-order valence-electron chi connectivity index (χ1n) is 14.5. The molecule has 0 fully saturated rings. The Hall–Kier alpha value is -2.92. The van der Waals surface area contributed by atoms with Gasteiger partial charge in [-0.15, -0.1) is 67.4 Å². The summed E-state index contributed by atoms with van der Waals surface area (Å²) in [5, 5.41) is 0. The predicted molar refractivity (Wildman–Crippen MR) is 210 cm³/mol. The van der Waals surface area contributed by atoms with Gasteiger partial charge in [0.05, 0.1) is 40.1 Å². The fourth-order valence-corrected chi connectivity index (χ4v) is 10.3. The van der Waals surface area contributed by atoms with Gasteiger partial charge < -0.3 is 9.97 Å². The summed E-state index contributed by atoms with van der Waals surface area (Å²) in [6, 6.07) is 23.8. The third-order valence-corrected chi connectivity index (χ3v) is 12.9.